The Kier molecular flexibility index (Phi) is 20.9. The van der Waals surface area contributed by atoms with E-state index in [9.17, 15) is 19.0 Å². The highest BCUT2D eigenvalue weighted by Crippen LogP contribution is 2.33. The normalized spacial score (nSPS) is 11.9. The Morgan fingerprint density at radius 1 is 1.13 bits per heavy atom. The number of carbonyl (C=O) groups is 1. The molecule has 0 spiro atoms. The van der Waals surface area contributed by atoms with E-state index in [1.54, 1.807) is 13.8 Å². The summed E-state index contributed by atoms with van der Waals surface area (Å²) < 4.78 is 21.5. The van der Waals surface area contributed by atoms with Crippen LogP contribution >= 0.6 is 42.4 Å². The van der Waals surface area contributed by atoms with Crippen LogP contribution in [-0.2, 0) is 25.7 Å². The third kappa shape index (κ3) is 20.5. The number of anilines is 2. The van der Waals surface area contributed by atoms with Gasteiger partial charge in [-0.3, -0.25) is 10.1 Å². The molecule has 3 rings (SSSR count). The Hall–Kier alpha value is -3.58. The van der Waals surface area contributed by atoms with Crippen LogP contribution in [0.25, 0.3) is 5.69 Å². The number of hydrogen-bond donors (Lipinski definition) is 5. The first-order valence-corrected chi connectivity index (χ1v) is 20.2. The third-order valence-corrected chi connectivity index (χ3v) is 6.35. The zero-order valence-electron chi connectivity index (χ0n) is 30.1. The van der Waals surface area contributed by atoms with Crippen molar-refractivity contribution >= 4 is 71.2 Å². The number of aliphatic carboxylic acids is 1. The number of rotatable bonds is 11. The Balaban J connectivity index is 0.000000759. The molecule has 1 atom stereocenters. The molecule has 0 saturated carbocycles. The number of ether oxygens (including phenoxy) is 1. The molecule has 52 heavy (non-hydrogen) atoms. The van der Waals surface area contributed by atoms with Gasteiger partial charge >= 0.3 is 11.7 Å². The van der Waals surface area contributed by atoms with Gasteiger partial charge in [-0.25, -0.2) is 4.79 Å². The molecule has 0 aliphatic carbocycles. The first-order valence-electron chi connectivity index (χ1n) is 14.8. The van der Waals surface area contributed by atoms with Crippen LogP contribution in [-0.4, -0.2) is 91.0 Å². The molecule has 288 valence electrons. The van der Waals surface area contributed by atoms with Gasteiger partial charge < -0.3 is 39.2 Å². The molecule has 3 aromatic rings. The van der Waals surface area contributed by atoms with Gasteiger partial charge in [-0.2, -0.15) is 24.9 Å². The molecule has 5 N–H and O–H groups in total. The molecule has 0 aliphatic rings. The largest absolute Gasteiger partial charge is 0.778 e. The van der Waals surface area contributed by atoms with Crippen molar-refractivity contribution in [1.29, 1.82) is 5.26 Å². The maximum absolute atomic E-state index is 12.0. The molecule has 0 saturated heterocycles. The number of carboxylic acids is 1. The lowest BCUT2D eigenvalue weighted by Gasteiger charge is -2.17. The average Bonchev–Trinajstić information content (AvgIpc) is 3.38. The predicted octanol–water partition coefficient (Wildman–Crippen LogP) is 3.77. The Labute approximate surface area is 320 Å². The molecule has 0 fully saturated rings. The second-order valence-electron chi connectivity index (χ2n) is 12.0. The molecule has 0 bridgehead atoms. The summed E-state index contributed by atoms with van der Waals surface area (Å²) in [6.07, 6.45) is 11.0. The van der Waals surface area contributed by atoms with Crippen molar-refractivity contribution < 1.29 is 33.4 Å². The van der Waals surface area contributed by atoms with Crippen molar-refractivity contribution in [3.63, 3.8) is 0 Å². The molecular formula is C30H43Cl3N9O8PS. The summed E-state index contributed by atoms with van der Waals surface area (Å²) in [5.74, 6) is 1.80. The monoisotopic (exact) mass is 825 g/mol. The number of terminal acetylenes is 1. The van der Waals surface area contributed by atoms with Gasteiger partial charge in [0.05, 0.1) is 53.4 Å². The van der Waals surface area contributed by atoms with E-state index >= 15 is 0 Å². The van der Waals surface area contributed by atoms with Crippen LogP contribution < -0.4 is 31.3 Å². The molecule has 2 aromatic heterocycles. The van der Waals surface area contributed by atoms with Gasteiger partial charge in [0.15, 0.2) is 0 Å². The number of aromatic nitrogens is 5. The maximum atomic E-state index is 12.0. The molecule has 1 unspecified atom stereocenters. The first kappa shape index (κ1) is 48.4. The maximum Gasteiger partial charge on any atom is 0.442 e. The van der Waals surface area contributed by atoms with Gasteiger partial charge in [0.25, 0.3) is 0 Å². The highest BCUT2D eigenvalue weighted by molar-refractivity contribution is 7.94. The summed E-state index contributed by atoms with van der Waals surface area (Å²) in [4.78, 5) is 51.6. The summed E-state index contributed by atoms with van der Waals surface area (Å²) in [5.41, 5.74) is -0.859. The number of nitrogens with one attached hydrogen (secondary N) is 3. The van der Waals surface area contributed by atoms with Crippen molar-refractivity contribution in [3.8, 4) is 29.8 Å². The molecule has 0 aliphatic heterocycles. The molecule has 22 heteroatoms. The number of carboxylic acid groups (broad SMARTS) is 1. The Bertz CT molecular complexity index is 1800. The summed E-state index contributed by atoms with van der Waals surface area (Å²) in [7, 11) is -3.71. The lowest BCUT2D eigenvalue weighted by Crippen LogP contribution is -2.29. The van der Waals surface area contributed by atoms with Crippen molar-refractivity contribution in [2.24, 2.45) is 0 Å². The number of hydrogen-bond acceptors (Lipinski definition) is 14. The summed E-state index contributed by atoms with van der Waals surface area (Å²) in [6, 6.07) is 5.04. The number of halogens is 3. The summed E-state index contributed by atoms with van der Waals surface area (Å²) in [6.45, 7) is 11.3. The van der Waals surface area contributed by atoms with Crippen molar-refractivity contribution in [3.05, 3.63) is 43.9 Å². The zero-order chi connectivity index (χ0) is 40.4. The Morgan fingerprint density at radius 2 is 1.71 bits per heavy atom. The second-order valence-corrected chi connectivity index (χ2v) is 17.2. The van der Waals surface area contributed by atoms with Gasteiger partial charge in [0, 0.05) is 18.0 Å². The highest BCUT2D eigenvalue weighted by atomic mass is 35.5. The minimum atomic E-state index is -4.35. The predicted molar refractivity (Wildman–Crippen MR) is 203 cm³/mol. The molecular weight excluding hydrogens is 784 g/mol. The lowest BCUT2D eigenvalue weighted by molar-refractivity contribution is -0.193. The van der Waals surface area contributed by atoms with Crippen molar-refractivity contribution in [1.82, 2.24) is 30.0 Å². The number of nitrogens with zero attached hydrogens (tertiary/aromatic N) is 6. The van der Waals surface area contributed by atoms with Gasteiger partial charge in [-0.05, 0) is 49.3 Å². The van der Waals surface area contributed by atoms with Gasteiger partial charge in [0.2, 0.25) is 23.1 Å². The minimum absolute atomic E-state index is 0.0434. The van der Waals surface area contributed by atoms with Crippen LogP contribution in [0.1, 0.15) is 47.4 Å². The second kappa shape index (κ2) is 22.5. The van der Waals surface area contributed by atoms with Crippen molar-refractivity contribution in [2.75, 3.05) is 55.4 Å². The lowest BCUT2D eigenvalue weighted by atomic mass is 9.97. The van der Waals surface area contributed by atoms with E-state index in [1.165, 1.54) is 12.1 Å². The third-order valence-electron chi connectivity index (χ3n) is 4.96. The minimum Gasteiger partial charge on any atom is -0.778 e. The Morgan fingerprint density at radius 3 is 2.17 bits per heavy atom. The molecule has 0 radical (unpaired) electrons. The standard InChI is InChI=1S/C15H14Cl2N2O3.C9H13ClN6.C3H8NO5P.C3H9S/c1-5-6-21-12-8-11(9(16)7-10(12)17)19-14(20)22-13(18-19)15(2,3)4;1-4-12-7-13-6(10)14-8(15-7)16-9(2,3)5-11;5-3(6)1-4-2-10(7,8)9;1-4(2)3/h1,7-8H,6H2,2-4H3;4H2,1-3H3,(H2,12,13,14,15,16);4H,1-2H2,(H,5,6)(H2,7,8,9);1-3H3/q;;;+1/p-1. The van der Waals surface area contributed by atoms with Gasteiger partial charge in [-0.15, -0.1) is 11.5 Å². The van der Waals surface area contributed by atoms with E-state index < -0.39 is 43.1 Å². The van der Waals surface area contributed by atoms with E-state index in [4.69, 9.17) is 65.6 Å². The van der Waals surface area contributed by atoms with Gasteiger partial charge in [-0.1, -0.05) is 49.9 Å². The van der Waals surface area contributed by atoms with E-state index in [-0.39, 0.29) is 27.9 Å². The van der Waals surface area contributed by atoms with E-state index in [1.807, 2.05) is 33.0 Å². The van der Waals surface area contributed by atoms with Crippen molar-refractivity contribution in [2.45, 2.75) is 52.5 Å². The molecule has 0 amide bonds. The summed E-state index contributed by atoms with van der Waals surface area (Å²) >= 11 is 17.9. The SMILES string of the molecule is C#CCOc1cc(-n2nc(C(C)(C)C)oc2=O)c(Cl)cc1Cl.CCNc1nc(Cl)nc(NC(C)(C)C#N)n1.C[S+](C)C.O=C(O)CNCP(=O)([O-])O. The highest BCUT2D eigenvalue weighted by Gasteiger charge is 2.24. The summed E-state index contributed by atoms with van der Waals surface area (Å²) in [5, 5.41) is 29.4. The average molecular weight is 827 g/mol. The first-order chi connectivity index (χ1) is 23.8. The van der Waals surface area contributed by atoms with E-state index in [0.717, 1.165) is 4.68 Å². The van der Waals surface area contributed by atoms with Crippen LogP contribution in [0, 0.1) is 23.7 Å². The van der Waals surface area contributed by atoms with E-state index in [2.05, 4.69) is 61.4 Å². The van der Waals surface area contributed by atoms with Crippen LogP contribution in [0.3, 0.4) is 0 Å². The van der Waals surface area contributed by atoms with Crippen LogP contribution in [0.5, 0.6) is 5.75 Å². The molecule has 1 aromatic carbocycles. The number of benzene rings is 1. The van der Waals surface area contributed by atoms with Crippen LogP contribution in [0.4, 0.5) is 11.9 Å². The quantitative estimate of drug-likeness (QED) is 0.105. The fraction of sp³-hybridized carbons (Fsp3) is 0.500. The fourth-order valence-electron chi connectivity index (χ4n) is 2.90. The van der Waals surface area contributed by atoms with Crippen LogP contribution in [0.15, 0.2) is 21.3 Å². The molecule has 2 heterocycles. The number of nitriles is 1. The molecule has 17 nitrogen and oxygen atoms in total. The van der Waals surface area contributed by atoms with E-state index in [0.29, 0.717) is 40.7 Å². The smallest absolute Gasteiger partial charge is 0.442 e. The van der Waals surface area contributed by atoms with Crippen LogP contribution in [0.2, 0.25) is 15.3 Å². The topological polar surface area (TPSA) is 253 Å². The van der Waals surface area contributed by atoms with Gasteiger partial charge in [0.1, 0.15) is 25.5 Å². The zero-order valence-corrected chi connectivity index (χ0v) is 34.1. The fourth-order valence-corrected chi connectivity index (χ4v) is 3.97.